The molecule has 1 N–H and O–H groups in total. The molecule has 0 saturated carbocycles. The number of hydrogen-bond acceptors (Lipinski definition) is 2. The fraction of sp³-hybridized carbons (Fsp3) is 0.350. The van der Waals surface area contributed by atoms with Crippen molar-refractivity contribution < 1.29 is 0 Å². The molecule has 0 bridgehead atoms. The maximum absolute atomic E-state index is 4.30. The van der Waals surface area contributed by atoms with Crippen LogP contribution in [0.1, 0.15) is 39.7 Å². The van der Waals surface area contributed by atoms with Crippen molar-refractivity contribution in [3.05, 3.63) is 65.4 Å². The number of allylic oxidation sites excluding steroid dienone is 6. The molecule has 0 saturated heterocycles. The van der Waals surface area contributed by atoms with E-state index >= 15 is 0 Å². The van der Waals surface area contributed by atoms with Gasteiger partial charge in [-0.25, -0.2) is 0 Å². The van der Waals surface area contributed by atoms with Gasteiger partial charge in [0.05, 0.1) is 0 Å². The standard InChI is InChI=1S/C20H26N2/c1-5-14-21-15-13-16(2)9-8-12-19-20(3,4)17-10-6-7-11-18(17)22-19/h6-13,15,22H,5,14H2,1-4H3/b9-8+,16-13+,19-12+,21-15+. The Kier molecular flexibility index (Phi) is 5.37. The molecule has 22 heavy (non-hydrogen) atoms. The Morgan fingerprint density at radius 2 is 2.05 bits per heavy atom. The summed E-state index contributed by atoms with van der Waals surface area (Å²) in [6.45, 7) is 9.63. The molecule has 0 spiro atoms. The molecule has 116 valence electrons. The number of hydrogen-bond donors (Lipinski definition) is 1. The fourth-order valence-corrected chi connectivity index (χ4v) is 2.56. The highest BCUT2D eigenvalue weighted by Crippen LogP contribution is 2.42. The highest BCUT2D eigenvalue weighted by Gasteiger charge is 2.33. The summed E-state index contributed by atoms with van der Waals surface area (Å²) in [6, 6.07) is 8.51. The molecular formula is C20H26N2. The molecule has 2 heteroatoms. The number of aliphatic imine (C=N–C) groups is 1. The van der Waals surface area contributed by atoms with Crippen molar-refractivity contribution in [2.75, 3.05) is 11.9 Å². The second kappa shape index (κ2) is 7.26. The first kappa shape index (κ1) is 16.3. The van der Waals surface area contributed by atoms with E-state index in [4.69, 9.17) is 0 Å². The maximum Gasteiger partial charge on any atom is 0.0424 e. The number of fused-ring (bicyclic) bond motifs is 1. The zero-order valence-electron chi connectivity index (χ0n) is 14.1. The third-order valence-corrected chi connectivity index (χ3v) is 3.96. The number of rotatable bonds is 5. The Morgan fingerprint density at radius 1 is 1.27 bits per heavy atom. The average Bonchev–Trinajstić information content (AvgIpc) is 2.75. The second-order valence-corrected chi connectivity index (χ2v) is 6.20. The van der Waals surface area contributed by atoms with Gasteiger partial charge in [0.1, 0.15) is 0 Å². The number of anilines is 1. The molecule has 1 aromatic carbocycles. The van der Waals surface area contributed by atoms with E-state index in [2.05, 4.69) is 80.5 Å². The Bertz CT molecular complexity index is 631. The third kappa shape index (κ3) is 3.76. The van der Waals surface area contributed by atoms with Crippen LogP contribution in [0, 0.1) is 0 Å². The van der Waals surface area contributed by atoms with Gasteiger partial charge >= 0.3 is 0 Å². The van der Waals surface area contributed by atoms with E-state index in [0.29, 0.717) is 0 Å². The summed E-state index contributed by atoms with van der Waals surface area (Å²) in [7, 11) is 0. The monoisotopic (exact) mass is 294 g/mol. The van der Waals surface area contributed by atoms with Crippen LogP contribution in [0.2, 0.25) is 0 Å². The normalized spacial score (nSPS) is 19.1. The van der Waals surface area contributed by atoms with Gasteiger partial charge in [-0.1, -0.05) is 51.1 Å². The van der Waals surface area contributed by atoms with Crippen LogP contribution >= 0.6 is 0 Å². The first-order valence-electron chi connectivity index (χ1n) is 7.97. The summed E-state index contributed by atoms with van der Waals surface area (Å²) < 4.78 is 0. The van der Waals surface area contributed by atoms with E-state index in [9.17, 15) is 0 Å². The second-order valence-electron chi connectivity index (χ2n) is 6.20. The Labute approximate surface area is 134 Å². The molecule has 0 fully saturated rings. The number of para-hydroxylation sites is 1. The lowest BCUT2D eigenvalue weighted by Crippen LogP contribution is -2.16. The number of nitrogens with zero attached hydrogens (tertiary/aromatic N) is 1. The first-order valence-corrected chi connectivity index (χ1v) is 7.97. The Balaban J connectivity index is 2.07. The molecule has 0 aliphatic carbocycles. The quantitative estimate of drug-likeness (QED) is 0.581. The molecule has 1 aliphatic heterocycles. The van der Waals surface area contributed by atoms with Gasteiger partial charge in [0, 0.05) is 29.6 Å². The minimum atomic E-state index is 0.0289. The highest BCUT2D eigenvalue weighted by atomic mass is 14.9. The van der Waals surface area contributed by atoms with Gasteiger partial charge in [-0.15, -0.1) is 0 Å². The van der Waals surface area contributed by atoms with Crippen LogP contribution in [0.25, 0.3) is 0 Å². The van der Waals surface area contributed by atoms with Crippen LogP contribution in [0.5, 0.6) is 0 Å². The number of nitrogens with one attached hydrogen (secondary N) is 1. The molecule has 2 nitrogen and oxygen atoms in total. The summed E-state index contributed by atoms with van der Waals surface area (Å²) in [5.74, 6) is 0. The van der Waals surface area contributed by atoms with Crippen LogP contribution in [0.3, 0.4) is 0 Å². The first-order chi connectivity index (χ1) is 10.6. The van der Waals surface area contributed by atoms with Gasteiger partial charge in [0.15, 0.2) is 0 Å². The highest BCUT2D eigenvalue weighted by molar-refractivity contribution is 5.73. The molecule has 0 atom stereocenters. The summed E-state index contributed by atoms with van der Waals surface area (Å²) >= 11 is 0. The zero-order valence-corrected chi connectivity index (χ0v) is 14.1. The van der Waals surface area contributed by atoms with Crippen molar-refractivity contribution in [3.8, 4) is 0 Å². The minimum absolute atomic E-state index is 0.0289. The van der Waals surface area contributed by atoms with Gasteiger partial charge < -0.3 is 5.32 Å². The predicted octanol–water partition coefficient (Wildman–Crippen LogP) is 5.26. The van der Waals surface area contributed by atoms with Crippen molar-refractivity contribution in [2.45, 2.75) is 39.5 Å². The SMILES string of the molecule is CCC/N=C/C=C(C)/C=C/C=C1/Nc2ccccc2C1(C)C. The Hall–Kier alpha value is -2.09. The van der Waals surface area contributed by atoms with Gasteiger partial charge in [-0.3, -0.25) is 4.99 Å². The van der Waals surface area contributed by atoms with E-state index in [0.717, 1.165) is 13.0 Å². The minimum Gasteiger partial charge on any atom is -0.358 e. The molecule has 1 aromatic rings. The van der Waals surface area contributed by atoms with Crippen molar-refractivity contribution in [2.24, 2.45) is 4.99 Å². The molecule has 1 heterocycles. The molecule has 0 unspecified atom stereocenters. The van der Waals surface area contributed by atoms with Crippen molar-refractivity contribution in [1.82, 2.24) is 0 Å². The maximum atomic E-state index is 4.30. The molecule has 1 aliphatic rings. The lowest BCUT2D eigenvalue weighted by atomic mass is 9.84. The van der Waals surface area contributed by atoms with Crippen LogP contribution in [-0.4, -0.2) is 12.8 Å². The van der Waals surface area contributed by atoms with E-state index in [1.54, 1.807) is 0 Å². The van der Waals surface area contributed by atoms with E-state index < -0.39 is 0 Å². The summed E-state index contributed by atoms with van der Waals surface area (Å²) in [5, 5.41) is 3.52. The topological polar surface area (TPSA) is 24.4 Å². The van der Waals surface area contributed by atoms with Gasteiger partial charge in [-0.2, -0.15) is 0 Å². The van der Waals surface area contributed by atoms with Gasteiger partial charge in [-0.05, 0) is 42.7 Å². The van der Waals surface area contributed by atoms with E-state index in [1.165, 1.54) is 22.5 Å². The summed E-state index contributed by atoms with van der Waals surface area (Å²) in [4.78, 5) is 4.30. The molecule has 0 radical (unpaired) electrons. The van der Waals surface area contributed by atoms with Crippen molar-refractivity contribution in [1.29, 1.82) is 0 Å². The Morgan fingerprint density at radius 3 is 2.77 bits per heavy atom. The third-order valence-electron chi connectivity index (χ3n) is 3.96. The predicted molar refractivity (Wildman–Crippen MR) is 97.7 cm³/mol. The fourth-order valence-electron chi connectivity index (χ4n) is 2.56. The van der Waals surface area contributed by atoms with E-state index in [-0.39, 0.29) is 5.41 Å². The van der Waals surface area contributed by atoms with Gasteiger partial charge in [0.2, 0.25) is 0 Å². The van der Waals surface area contributed by atoms with Crippen LogP contribution in [0.15, 0.2) is 64.8 Å². The van der Waals surface area contributed by atoms with Crippen molar-refractivity contribution >= 4 is 11.9 Å². The summed E-state index contributed by atoms with van der Waals surface area (Å²) in [5.41, 5.74) is 5.03. The van der Waals surface area contributed by atoms with Crippen molar-refractivity contribution in [3.63, 3.8) is 0 Å². The smallest absolute Gasteiger partial charge is 0.0424 e. The average molecular weight is 294 g/mol. The van der Waals surface area contributed by atoms with Crippen LogP contribution < -0.4 is 5.32 Å². The van der Waals surface area contributed by atoms with Gasteiger partial charge in [0.25, 0.3) is 0 Å². The summed E-state index contributed by atoms with van der Waals surface area (Å²) in [6.07, 6.45) is 11.4. The van der Waals surface area contributed by atoms with Crippen LogP contribution in [-0.2, 0) is 5.41 Å². The molecular weight excluding hydrogens is 268 g/mol. The van der Waals surface area contributed by atoms with E-state index in [1.807, 2.05) is 12.3 Å². The van der Waals surface area contributed by atoms with Crippen LogP contribution in [0.4, 0.5) is 5.69 Å². The molecule has 0 aromatic heterocycles. The number of benzene rings is 1. The molecule has 0 amide bonds. The lowest BCUT2D eigenvalue weighted by Gasteiger charge is -2.19. The largest absolute Gasteiger partial charge is 0.358 e. The zero-order chi connectivity index (χ0) is 16.0. The molecule has 2 rings (SSSR count). The lowest BCUT2D eigenvalue weighted by molar-refractivity contribution is 0.654.